The molecule has 0 aliphatic carbocycles. The number of hydrogen-bond donors (Lipinski definition) is 2. The Morgan fingerprint density at radius 2 is 2.17 bits per heavy atom. The third-order valence-electron chi connectivity index (χ3n) is 0.153. The molecule has 0 radical (unpaired) electrons. The first-order valence-corrected chi connectivity index (χ1v) is 2.01. The quantitative estimate of drug-likeness (QED) is 0.241. The second-order valence-corrected chi connectivity index (χ2v) is 1.33. The fourth-order valence-corrected chi connectivity index (χ4v) is 0. The molecule has 3 N–H and O–H groups in total. The summed E-state index contributed by atoms with van der Waals surface area (Å²) in [6.07, 6.45) is 0. The van der Waals surface area contributed by atoms with Gasteiger partial charge in [0.1, 0.15) is 0 Å². The van der Waals surface area contributed by atoms with Gasteiger partial charge in [-0.15, -0.1) is 0 Å². The minimum Gasteiger partial charge on any atom is -0.757 e. The molecule has 0 aliphatic heterocycles. The van der Waals surface area contributed by atoms with Gasteiger partial charge < -0.3 is 4.55 Å². The zero-order valence-corrected chi connectivity index (χ0v) is 3.51. The van der Waals surface area contributed by atoms with Crippen LogP contribution in [0.2, 0.25) is 0 Å². The third kappa shape index (κ3) is 2.24. The van der Waals surface area contributed by atoms with Crippen LogP contribution in [0.15, 0.2) is 0 Å². The van der Waals surface area contributed by atoms with E-state index in [1.165, 1.54) is 0 Å². The first-order chi connectivity index (χ1) is 2.64. The van der Waals surface area contributed by atoms with Gasteiger partial charge in [0.15, 0.2) is 0 Å². The molecule has 38 valence electrons. The number of hydrogen-bond acceptors (Lipinski definition) is 4. The van der Waals surface area contributed by atoms with Crippen LogP contribution in [0.5, 0.6) is 0 Å². The summed E-state index contributed by atoms with van der Waals surface area (Å²) < 4.78 is 18.1. The molecule has 0 aromatic heterocycles. The van der Waals surface area contributed by atoms with Crippen LogP contribution < -0.4 is 5.84 Å². The van der Waals surface area contributed by atoms with E-state index in [0.29, 0.717) is 0 Å². The molecule has 5 nitrogen and oxygen atoms in total. The van der Waals surface area contributed by atoms with Crippen molar-refractivity contribution in [3.05, 3.63) is 0 Å². The summed E-state index contributed by atoms with van der Waals surface area (Å²) in [5.41, 5.74) is 0. The number of nitrogens with zero attached hydrogens (tertiary/aromatic N) is 1. The average Bonchev–Trinajstić information content (AvgIpc) is 1.36. The number of hydrazine groups is 1. The molecule has 0 saturated carbocycles. The first-order valence-electron chi connectivity index (χ1n) is 0.974. The fraction of sp³-hybridized carbons (Fsp3) is 0. The summed E-state index contributed by atoms with van der Waals surface area (Å²) in [5.74, 6) is 4.21. The lowest BCUT2D eigenvalue weighted by atomic mass is 12.8. The highest BCUT2D eigenvalue weighted by molar-refractivity contribution is 7.76. The lowest BCUT2D eigenvalue weighted by molar-refractivity contribution is 0.000101. The van der Waals surface area contributed by atoms with Gasteiger partial charge in [-0.25, -0.2) is 5.84 Å². The van der Waals surface area contributed by atoms with Gasteiger partial charge in [0.2, 0.25) is 0 Å². The minimum atomic E-state index is -2.70. The molecular formula is H3N2O3S-. The van der Waals surface area contributed by atoms with Crippen LogP contribution >= 0.6 is 0 Å². The molecule has 0 spiro atoms. The molecule has 0 aromatic carbocycles. The molecule has 0 heterocycles. The summed E-state index contributed by atoms with van der Waals surface area (Å²) in [6.45, 7) is 0. The summed E-state index contributed by atoms with van der Waals surface area (Å²) in [4.78, 5) is 0. The molecule has 1 unspecified atom stereocenters. The lowest BCUT2D eigenvalue weighted by Crippen LogP contribution is -2.28. The monoisotopic (exact) mass is 111 g/mol. The van der Waals surface area contributed by atoms with Crippen LogP contribution in [0.25, 0.3) is 0 Å². The van der Waals surface area contributed by atoms with Gasteiger partial charge in [0.25, 0.3) is 0 Å². The van der Waals surface area contributed by atoms with E-state index >= 15 is 0 Å². The standard InChI is InChI=1S/H4N2O3S/c1-2(3)6(4)5/h3H,1H2,(H,4,5)/p-1. The maximum atomic E-state index is 9.25. The molecule has 0 rings (SSSR count). The molecule has 0 bridgehead atoms. The molecule has 0 amide bonds. The first kappa shape index (κ1) is 5.99. The molecular weight excluding hydrogens is 108 g/mol. The highest BCUT2D eigenvalue weighted by Crippen LogP contribution is 1.66. The predicted molar refractivity (Wildman–Crippen MR) is 16.7 cm³/mol. The maximum Gasteiger partial charge on any atom is 0.0623 e. The van der Waals surface area contributed by atoms with Crippen LogP contribution in [-0.4, -0.2) is 18.5 Å². The second-order valence-electron chi connectivity index (χ2n) is 0.520. The van der Waals surface area contributed by atoms with Gasteiger partial charge in [-0.3, -0.25) is 9.42 Å². The number of rotatable bonds is 1. The van der Waals surface area contributed by atoms with Crippen molar-refractivity contribution in [3.63, 3.8) is 0 Å². The Morgan fingerprint density at radius 3 is 2.17 bits per heavy atom. The summed E-state index contributed by atoms with van der Waals surface area (Å²) in [7, 11) is 0. The maximum absolute atomic E-state index is 9.25. The minimum absolute atomic E-state index is 0.417. The van der Waals surface area contributed by atoms with Gasteiger partial charge >= 0.3 is 0 Å². The van der Waals surface area contributed by atoms with E-state index in [2.05, 4.69) is 5.84 Å². The van der Waals surface area contributed by atoms with Gasteiger partial charge in [0.05, 0.1) is 11.3 Å². The lowest BCUT2D eigenvalue weighted by Gasteiger charge is -2.07. The zero-order valence-electron chi connectivity index (χ0n) is 2.70. The van der Waals surface area contributed by atoms with E-state index in [9.17, 15) is 8.76 Å². The SMILES string of the molecule is NN(O)S(=O)[O-]. The van der Waals surface area contributed by atoms with E-state index < -0.39 is 15.8 Å². The van der Waals surface area contributed by atoms with Crippen molar-refractivity contribution in [2.45, 2.75) is 0 Å². The Bertz CT molecular complexity index is 59.8. The molecule has 0 aromatic rings. The molecule has 1 atom stereocenters. The van der Waals surface area contributed by atoms with Crippen LogP contribution in [0.1, 0.15) is 0 Å². The van der Waals surface area contributed by atoms with Crippen molar-refractivity contribution in [1.82, 2.24) is 4.58 Å². The van der Waals surface area contributed by atoms with Crippen LogP contribution in [0.4, 0.5) is 0 Å². The average molecular weight is 111 g/mol. The van der Waals surface area contributed by atoms with Crippen molar-refractivity contribution >= 4 is 11.3 Å². The van der Waals surface area contributed by atoms with Crippen LogP contribution in [0.3, 0.4) is 0 Å². The van der Waals surface area contributed by atoms with Crippen molar-refractivity contribution in [2.24, 2.45) is 5.84 Å². The van der Waals surface area contributed by atoms with Crippen molar-refractivity contribution in [3.8, 4) is 0 Å². The molecule has 6 heavy (non-hydrogen) atoms. The summed E-state index contributed by atoms with van der Waals surface area (Å²) in [6, 6.07) is 0. The Balaban J connectivity index is 3.26. The normalized spacial score (nSPS) is 15.3. The van der Waals surface area contributed by atoms with Gasteiger partial charge in [-0.1, -0.05) is 4.58 Å². The molecule has 0 saturated heterocycles. The topological polar surface area (TPSA) is 89.6 Å². The highest BCUT2D eigenvalue weighted by atomic mass is 32.2. The van der Waals surface area contributed by atoms with Gasteiger partial charge in [-0.2, -0.15) is 0 Å². The van der Waals surface area contributed by atoms with E-state index in [0.717, 1.165) is 0 Å². The van der Waals surface area contributed by atoms with E-state index in [-0.39, 0.29) is 0 Å². The zero-order chi connectivity index (χ0) is 5.15. The van der Waals surface area contributed by atoms with E-state index in [1.807, 2.05) is 0 Å². The van der Waals surface area contributed by atoms with Crippen LogP contribution in [-0.2, 0) is 11.3 Å². The van der Waals surface area contributed by atoms with Gasteiger partial charge in [-0.05, 0) is 0 Å². The third-order valence-corrected chi connectivity index (χ3v) is 0.458. The Kier molecular flexibility index (Phi) is 2.21. The highest BCUT2D eigenvalue weighted by Gasteiger charge is 1.81. The molecule has 0 aliphatic rings. The molecule has 0 fully saturated rings. The Morgan fingerprint density at radius 1 is 2.00 bits per heavy atom. The van der Waals surface area contributed by atoms with Crippen molar-refractivity contribution < 1.29 is 14.0 Å². The second kappa shape index (κ2) is 2.21. The van der Waals surface area contributed by atoms with Crippen molar-refractivity contribution in [1.29, 1.82) is 0 Å². The molecule has 6 heteroatoms. The Hall–Kier alpha value is -0.0100. The largest absolute Gasteiger partial charge is 0.757 e. The van der Waals surface area contributed by atoms with Crippen molar-refractivity contribution in [2.75, 3.05) is 0 Å². The Labute approximate surface area is 36.7 Å². The smallest absolute Gasteiger partial charge is 0.0623 e. The van der Waals surface area contributed by atoms with E-state index in [1.54, 1.807) is 0 Å². The predicted octanol–water partition coefficient (Wildman–Crippen LogP) is -1.65. The number of nitrogens with two attached hydrogens (primary N) is 1. The van der Waals surface area contributed by atoms with Crippen LogP contribution in [0, 0.1) is 0 Å². The summed E-state index contributed by atoms with van der Waals surface area (Å²) >= 11 is -2.70. The summed E-state index contributed by atoms with van der Waals surface area (Å²) in [5, 5.41) is 7.63. The van der Waals surface area contributed by atoms with Gasteiger partial charge in [0, 0.05) is 0 Å². The van der Waals surface area contributed by atoms with E-state index in [4.69, 9.17) is 5.21 Å². The fourth-order valence-electron chi connectivity index (χ4n) is 0.